The van der Waals surface area contributed by atoms with E-state index in [0.29, 0.717) is 19.4 Å². The van der Waals surface area contributed by atoms with Crippen molar-refractivity contribution >= 4 is 17.7 Å². The summed E-state index contributed by atoms with van der Waals surface area (Å²) in [6.45, 7) is 4.76. The van der Waals surface area contributed by atoms with Gasteiger partial charge in [-0.2, -0.15) is 11.8 Å². The third-order valence-electron chi connectivity index (χ3n) is 2.87. The molecule has 0 bridgehead atoms. The largest absolute Gasteiger partial charge is 0.480 e. The fourth-order valence-corrected chi connectivity index (χ4v) is 2.69. The number of hydrogen-bond donors (Lipinski definition) is 3. The zero-order chi connectivity index (χ0) is 13.1. The Morgan fingerprint density at radius 2 is 1.94 bits per heavy atom. The molecule has 0 heterocycles. The second kappa shape index (κ2) is 9.74. The lowest BCUT2D eigenvalue weighted by atomic mass is 9.91. The molecule has 0 amide bonds. The number of carbonyl (C=O) groups is 1. The summed E-state index contributed by atoms with van der Waals surface area (Å²) in [6, 6.07) is 0. The third kappa shape index (κ3) is 6.29. The SMILES string of the molecule is CCNC(CC)(CCCSCCCO)C(=O)O. The first-order valence-electron chi connectivity index (χ1n) is 6.30. The fraction of sp³-hybridized carbons (Fsp3) is 0.917. The molecule has 0 saturated heterocycles. The highest BCUT2D eigenvalue weighted by atomic mass is 32.2. The van der Waals surface area contributed by atoms with Crippen molar-refractivity contribution < 1.29 is 15.0 Å². The molecule has 0 aliphatic heterocycles. The zero-order valence-electron chi connectivity index (χ0n) is 10.9. The molecule has 5 heteroatoms. The van der Waals surface area contributed by atoms with E-state index >= 15 is 0 Å². The molecule has 1 unspecified atom stereocenters. The summed E-state index contributed by atoms with van der Waals surface area (Å²) in [6.07, 6.45) is 2.98. The standard InChI is InChI=1S/C12H25NO3S/c1-3-12(11(15)16,13-4-2)7-5-9-17-10-6-8-14/h13-14H,3-10H2,1-2H3,(H,15,16). The highest BCUT2D eigenvalue weighted by molar-refractivity contribution is 7.99. The van der Waals surface area contributed by atoms with Gasteiger partial charge in [-0.15, -0.1) is 0 Å². The van der Waals surface area contributed by atoms with Gasteiger partial charge in [0.1, 0.15) is 5.54 Å². The van der Waals surface area contributed by atoms with Gasteiger partial charge in [0.2, 0.25) is 0 Å². The minimum absolute atomic E-state index is 0.235. The molecule has 0 saturated carbocycles. The van der Waals surface area contributed by atoms with Crippen molar-refractivity contribution in [2.24, 2.45) is 0 Å². The van der Waals surface area contributed by atoms with Crippen LogP contribution in [0.3, 0.4) is 0 Å². The average Bonchev–Trinajstić information content (AvgIpc) is 2.31. The van der Waals surface area contributed by atoms with Crippen LogP contribution in [0, 0.1) is 0 Å². The molecule has 1 atom stereocenters. The van der Waals surface area contributed by atoms with E-state index in [4.69, 9.17) is 5.11 Å². The van der Waals surface area contributed by atoms with E-state index in [1.165, 1.54) is 0 Å². The van der Waals surface area contributed by atoms with Gasteiger partial charge in [-0.05, 0) is 43.7 Å². The van der Waals surface area contributed by atoms with Gasteiger partial charge in [0.05, 0.1) is 0 Å². The Morgan fingerprint density at radius 1 is 1.29 bits per heavy atom. The number of aliphatic hydroxyl groups is 1. The van der Waals surface area contributed by atoms with Crippen molar-refractivity contribution in [1.82, 2.24) is 5.32 Å². The first kappa shape index (κ1) is 16.7. The number of carboxylic acids is 1. The van der Waals surface area contributed by atoms with Crippen LogP contribution in [-0.4, -0.2) is 46.4 Å². The number of likely N-dealkylation sites (N-methyl/N-ethyl adjacent to an activating group) is 1. The summed E-state index contributed by atoms with van der Waals surface area (Å²) in [5.41, 5.74) is -0.758. The maximum absolute atomic E-state index is 11.3. The Labute approximate surface area is 108 Å². The summed E-state index contributed by atoms with van der Waals surface area (Å²) < 4.78 is 0. The lowest BCUT2D eigenvalue weighted by Crippen LogP contribution is -2.51. The van der Waals surface area contributed by atoms with Crippen LogP contribution in [0.25, 0.3) is 0 Å². The van der Waals surface area contributed by atoms with Crippen LogP contribution >= 0.6 is 11.8 Å². The van der Waals surface area contributed by atoms with E-state index < -0.39 is 11.5 Å². The second-order valence-electron chi connectivity index (χ2n) is 4.06. The number of thioether (sulfide) groups is 1. The summed E-state index contributed by atoms with van der Waals surface area (Å²) >= 11 is 1.78. The normalized spacial score (nSPS) is 14.5. The summed E-state index contributed by atoms with van der Waals surface area (Å²) in [5.74, 6) is 1.16. The minimum atomic E-state index is -0.758. The number of carboxylic acid groups (broad SMARTS) is 1. The van der Waals surface area contributed by atoms with Crippen LogP contribution in [0.5, 0.6) is 0 Å². The van der Waals surface area contributed by atoms with Gasteiger partial charge in [0.25, 0.3) is 0 Å². The van der Waals surface area contributed by atoms with E-state index in [0.717, 1.165) is 24.3 Å². The van der Waals surface area contributed by atoms with Crippen molar-refractivity contribution in [3.63, 3.8) is 0 Å². The molecule has 0 aliphatic rings. The van der Waals surface area contributed by atoms with Gasteiger partial charge in [-0.25, -0.2) is 0 Å². The molecule has 0 aromatic heterocycles. The van der Waals surface area contributed by atoms with E-state index in [1.54, 1.807) is 11.8 Å². The molecule has 0 radical (unpaired) electrons. The van der Waals surface area contributed by atoms with E-state index in [9.17, 15) is 9.90 Å². The molecular formula is C12H25NO3S. The lowest BCUT2D eigenvalue weighted by molar-refractivity contribution is -0.145. The van der Waals surface area contributed by atoms with Crippen LogP contribution in [0.2, 0.25) is 0 Å². The van der Waals surface area contributed by atoms with E-state index in [1.807, 2.05) is 13.8 Å². The van der Waals surface area contributed by atoms with Crippen LogP contribution in [0.1, 0.15) is 39.5 Å². The van der Waals surface area contributed by atoms with Crippen LogP contribution in [0.15, 0.2) is 0 Å². The van der Waals surface area contributed by atoms with E-state index in [2.05, 4.69) is 5.32 Å². The Kier molecular flexibility index (Phi) is 9.59. The molecule has 3 N–H and O–H groups in total. The maximum Gasteiger partial charge on any atom is 0.323 e. The number of rotatable bonds is 11. The highest BCUT2D eigenvalue weighted by Crippen LogP contribution is 2.20. The zero-order valence-corrected chi connectivity index (χ0v) is 11.7. The molecule has 0 rings (SSSR count). The molecule has 0 aromatic carbocycles. The number of nitrogens with one attached hydrogen (secondary N) is 1. The Hall–Kier alpha value is -0.260. The summed E-state index contributed by atoms with van der Waals surface area (Å²) in [7, 11) is 0. The molecule has 102 valence electrons. The molecule has 0 aliphatic carbocycles. The van der Waals surface area contributed by atoms with Gasteiger partial charge in [-0.1, -0.05) is 13.8 Å². The van der Waals surface area contributed by atoms with Gasteiger partial charge >= 0.3 is 5.97 Å². The minimum Gasteiger partial charge on any atom is -0.480 e. The molecule has 17 heavy (non-hydrogen) atoms. The van der Waals surface area contributed by atoms with Crippen molar-refractivity contribution in [3.05, 3.63) is 0 Å². The monoisotopic (exact) mass is 263 g/mol. The summed E-state index contributed by atoms with van der Waals surface area (Å²) in [4.78, 5) is 11.3. The van der Waals surface area contributed by atoms with Gasteiger partial charge < -0.3 is 15.5 Å². The van der Waals surface area contributed by atoms with Crippen molar-refractivity contribution in [1.29, 1.82) is 0 Å². The number of hydrogen-bond acceptors (Lipinski definition) is 4. The molecular weight excluding hydrogens is 238 g/mol. The molecule has 0 spiro atoms. The Bertz CT molecular complexity index is 214. The van der Waals surface area contributed by atoms with Gasteiger partial charge in [-0.3, -0.25) is 4.79 Å². The van der Waals surface area contributed by atoms with Crippen molar-refractivity contribution in [2.75, 3.05) is 24.7 Å². The number of aliphatic hydroxyl groups excluding tert-OH is 1. The Morgan fingerprint density at radius 3 is 2.41 bits per heavy atom. The van der Waals surface area contributed by atoms with Crippen molar-refractivity contribution in [2.45, 2.75) is 45.1 Å². The first-order valence-corrected chi connectivity index (χ1v) is 7.45. The maximum atomic E-state index is 11.3. The van der Waals surface area contributed by atoms with E-state index in [-0.39, 0.29) is 6.61 Å². The van der Waals surface area contributed by atoms with Crippen molar-refractivity contribution in [3.8, 4) is 0 Å². The summed E-state index contributed by atoms with van der Waals surface area (Å²) in [5, 5.41) is 21.0. The number of aliphatic carboxylic acids is 1. The average molecular weight is 263 g/mol. The van der Waals surface area contributed by atoms with Gasteiger partial charge in [0.15, 0.2) is 0 Å². The highest BCUT2D eigenvalue weighted by Gasteiger charge is 2.34. The third-order valence-corrected chi connectivity index (χ3v) is 4.02. The second-order valence-corrected chi connectivity index (χ2v) is 5.29. The molecule has 0 fully saturated rings. The quantitative estimate of drug-likeness (QED) is 0.495. The topological polar surface area (TPSA) is 69.6 Å². The molecule has 4 nitrogen and oxygen atoms in total. The van der Waals surface area contributed by atoms with Crippen LogP contribution in [0.4, 0.5) is 0 Å². The predicted octanol–water partition coefficient (Wildman–Crippen LogP) is 1.73. The smallest absolute Gasteiger partial charge is 0.323 e. The first-order chi connectivity index (χ1) is 8.13. The molecule has 0 aromatic rings. The lowest BCUT2D eigenvalue weighted by Gasteiger charge is -2.29. The Balaban J connectivity index is 3.95. The van der Waals surface area contributed by atoms with Crippen LogP contribution in [-0.2, 0) is 4.79 Å². The van der Waals surface area contributed by atoms with Gasteiger partial charge in [0, 0.05) is 6.61 Å². The fourth-order valence-electron chi connectivity index (χ4n) is 1.81. The van der Waals surface area contributed by atoms with Crippen LogP contribution < -0.4 is 5.32 Å². The predicted molar refractivity (Wildman–Crippen MR) is 72.6 cm³/mol.